The van der Waals surface area contributed by atoms with Gasteiger partial charge in [-0.2, -0.15) is 0 Å². The number of carboxylic acids is 1. The number of hydrogen-bond acceptors (Lipinski definition) is 6. The molecular formula is C57H106NO7+. The molecule has 0 spiro atoms. The summed E-state index contributed by atoms with van der Waals surface area (Å²) in [4.78, 5) is 37.2. The van der Waals surface area contributed by atoms with Gasteiger partial charge in [0.25, 0.3) is 0 Å². The fraction of sp³-hybridized carbons (Fsp3) is 0.842. The Balaban J connectivity index is 4.21. The first-order valence-corrected chi connectivity index (χ1v) is 27.5. The van der Waals surface area contributed by atoms with Crippen molar-refractivity contribution in [3.63, 3.8) is 0 Å². The van der Waals surface area contributed by atoms with Crippen LogP contribution in [0.2, 0.25) is 0 Å². The van der Waals surface area contributed by atoms with E-state index in [-0.39, 0.29) is 36.2 Å². The summed E-state index contributed by atoms with van der Waals surface area (Å²) >= 11 is 0. The Morgan fingerprint density at radius 1 is 0.462 bits per heavy atom. The van der Waals surface area contributed by atoms with E-state index in [9.17, 15) is 19.5 Å². The second kappa shape index (κ2) is 48.0. The molecule has 0 heterocycles. The zero-order valence-corrected chi connectivity index (χ0v) is 43.5. The number of unbranched alkanes of at least 4 members (excludes halogenated alkanes) is 31. The predicted octanol–water partition coefficient (Wildman–Crippen LogP) is 16.1. The Kier molecular flexibility index (Phi) is 46.2. The van der Waals surface area contributed by atoms with Crippen LogP contribution < -0.4 is 0 Å². The zero-order valence-electron chi connectivity index (χ0n) is 43.5. The highest BCUT2D eigenvalue weighted by Gasteiger charge is 2.31. The number of carbonyl (C=O) groups is 3. The third-order valence-corrected chi connectivity index (χ3v) is 12.5. The van der Waals surface area contributed by atoms with Gasteiger partial charge in [0.15, 0.2) is 12.1 Å². The Bertz CT molecular complexity index is 1160. The first-order chi connectivity index (χ1) is 31.6. The molecule has 0 saturated carbocycles. The van der Waals surface area contributed by atoms with Crippen molar-refractivity contribution in [1.82, 2.24) is 0 Å². The predicted molar refractivity (Wildman–Crippen MR) is 275 cm³/mol. The lowest BCUT2D eigenvalue weighted by Crippen LogP contribution is -2.50. The number of rotatable bonds is 50. The van der Waals surface area contributed by atoms with Crippen LogP contribution in [0.25, 0.3) is 0 Å². The largest absolute Gasteiger partial charge is 0.477 e. The van der Waals surface area contributed by atoms with Crippen molar-refractivity contribution in [2.75, 3.05) is 41.0 Å². The summed E-state index contributed by atoms with van der Waals surface area (Å²) in [5.41, 5.74) is 0. The molecular weight excluding hydrogens is 811 g/mol. The minimum atomic E-state index is -0.876. The molecule has 0 aliphatic heterocycles. The maximum Gasteiger partial charge on any atom is 0.362 e. The number of quaternary nitrogens is 1. The highest BCUT2D eigenvalue weighted by molar-refractivity contribution is 5.72. The van der Waals surface area contributed by atoms with Crippen molar-refractivity contribution in [3.05, 3.63) is 36.5 Å². The standard InChI is InChI=1S/C57H105NO7/c1-6-8-10-12-14-16-18-20-22-24-26-27-28-29-30-32-33-35-37-39-41-43-45-47-55(59)64-52-53(51-63-50-49-54(57(61)62)58(3,4)5)65-56(60)48-46-44-42-40-38-36-34-31-25-23-21-19-17-15-13-11-9-7-2/h23,25,29-31,34,53-54H,6-22,24,26-28,32-33,35-52H2,1-5H3/p+1/b25-23+,30-29+,34-31+. The average Bonchev–Trinajstić information content (AvgIpc) is 3.27. The number of allylic oxidation sites excluding steroid dienone is 6. The lowest BCUT2D eigenvalue weighted by Gasteiger charge is -2.31. The van der Waals surface area contributed by atoms with Gasteiger partial charge in [-0.1, -0.05) is 211 Å². The number of esters is 2. The zero-order chi connectivity index (χ0) is 47.7. The van der Waals surface area contributed by atoms with E-state index in [0.29, 0.717) is 19.3 Å². The highest BCUT2D eigenvalue weighted by Crippen LogP contribution is 2.16. The lowest BCUT2D eigenvalue weighted by molar-refractivity contribution is -0.887. The molecule has 2 unspecified atom stereocenters. The van der Waals surface area contributed by atoms with E-state index in [1.165, 1.54) is 167 Å². The number of nitrogens with zero attached hydrogens (tertiary/aromatic N) is 1. The first-order valence-electron chi connectivity index (χ1n) is 27.5. The van der Waals surface area contributed by atoms with E-state index in [1.54, 1.807) is 0 Å². The molecule has 0 saturated heterocycles. The molecule has 1 N–H and O–H groups in total. The number of carboxylic acid groups (broad SMARTS) is 1. The van der Waals surface area contributed by atoms with Crippen LogP contribution in [0.3, 0.4) is 0 Å². The van der Waals surface area contributed by atoms with Gasteiger partial charge in [-0.05, 0) is 64.2 Å². The van der Waals surface area contributed by atoms with Crippen molar-refractivity contribution >= 4 is 17.9 Å². The van der Waals surface area contributed by atoms with Gasteiger partial charge < -0.3 is 23.8 Å². The van der Waals surface area contributed by atoms with E-state index < -0.39 is 18.1 Å². The number of ether oxygens (including phenoxy) is 3. The van der Waals surface area contributed by atoms with Gasteiger partial charge in [0.1, 0.15) is 6.61 Å². The molecule has 0 radical (unpaired) electrons. The molecule has 0 aromatic heterocycles. The van der Waals surface area contributed by atoms with Crippen molar-refractivity contribution in [2.45, 2.75) is 270 Å². The van der Waals surface area contributed by atoms with Gasteiger partial charge in [0, 0.05) is 19.3 Å². The van der Waals surface area contributed by atoms with Gasteiger partial charge >= 0.3 is 17.9 Å². The topological polar surface area (TPSA) is 99.1 Å². The molecule has 0 aromatic carbocycles. The van der Waals surface area contributed by atoms with Gasteiger partial charge in [0.05, 0.1) is 34.4 Å². The fourth-order valence-electron chi connectivity index (χ4n) is 8.26. The second-order valence-corrected chi connectivity index (χ2v) is 19.9. The maximum atomic E-state index is 12.8. The lowest BCUT2D eigenvalue weighted by atomic mass is 10.0. The van der Waals surface area contributed by atoms with E-state index in [0.717, 1.165) is 57.8 Å². The number of hydrogen-bond donors (Lipinski definition) is 1. The summed E-state index contributed by atoms with van der Waals surface area (Å²) in [6.45, 7) is 4.75. The second-order valence-electron chi connectivity index (χ2n) is 19.9. The van der Waals surface area contributed by atoms with Crippen LogP contribution in [0.1, 0.15) is 258 Å². The van der Waals surface area contributed by atoms with Gasteiger partial charge in [-0.25, -0.2) is 4.79 Å². The highest BCUT2D eigenvalue weighted by atomic mass is 16.6. The molecule has 8 nitrogen and oxygen atoms in total. The van der Waals surface area contributed by atoms with Crippen LogP contribution in [0.4, 0.5) is 0 Å². The van der Waals surface area contributed by atoms with Crippen LogP contribution >= 0.6 is 0 Å². The maximum absolute atomic E-state index is 12.8. The van der Waals surface area contributed by atoms with E-state index >= 15 is 0 Å². The first kappa shape index (κ1) is 62.5. The monoisotopic (exact) mass is 917 g/mol. The summed E-state index contributed by atoms with van der Waals surface area (Å²) < 4.78 is 17.4. The Morgan fingerprint density at radius 2 is 0.815 bits per heavy atom. The van der Waals surface area contributed by atoms with Crippen molar-refractivity contribution in [1.29, 1.82) is 0 Å². The van der Waals surface area contributed by atoms with E-state index in [1.807, 2.05) is 21.1 Å². The molecule has 0 bridgehead atoms. The molecule has 0 fully saturated rings. The number of aliphatic carboxylic acids is 1. The molecule has 2 atom stereocenters. The van der Waals surface area contributed by atoms with Crippen LogP contribution in [0.15, 0.2) is 36.5 Å². The SMILES string of the molecule is CCCCCCCCC/C=C/C=C/CCCCCCCC(=O)OC(COCCC(C(=O)O)[N+](C)(C)C)COC(=O)CCCCCCCCC/C=C/CCCCCCCCCCCCCC. The van der Waals surface area contributed by atoms with Gasteiger partial charge in [0.2, 0.25) is 0 Å². The summed E-state index contributed by atoms with van der Waals surface area (Å²) in [7, 11) is 5.54. The molecule has 0 aliphatic rings. The molecule has 0 aromatic rings. The number of carbonyl (C=O) groups excluding carboxylic acids is 2. The third-order valence-electron chi connectivity index (χ3n) is 12.5. The van der Waals surface area contributed by atoms with Crippen molar-refractivity contribution < 1.29 is 38.2 Å². The molecule has 8 heteroatoms. The normalized spacial score (nSPS) is 13.1. The summed E-state index contributed by atoms with van der Waals surface area (Å²) in [6.07, 6.45) is 57.7. The molecule has 0 aliphatic carbocycles. The van der Waals surface area contributed by atoms with Gasteiger partial charge in [-0.3, -0.25) is 9.59 Å². The summed E-state index contributed by atoms with van der Waals surface area (Å²) in [6, 6.07) is -0.618. The summed E-state index contributed by atoms with van der Waals surface area (Å²) in [5.74, 6) is -1.48. The summed E-state index contributed by atoms with van der Waals surface area (Å²) in [5, 5.41) is 9.66. The molecule has 0 rings (SSSR count). The fourth-order valence-corrected chi connectivity index (χ4v) is 8.26. The molecule has 0 amide bonds. The quantitative estimate of drug-likeness (QED) is 0.0213. The average molecular weight is 917 g/mol. The van der Waals surface area contributed by atoms with Gasteiger partial charge in [-0.15, -0.1) is 0 Å². The Hall–Kier alpha value is -2.45. The van der Waals surface area contributed by atoms with Crippen LogP contribution in [0, 0.1) is 0 Å². The smallest absolute Gasteiger partial charge is 0.362 e. The molecule has 380 valence electrons. The Labute approximate surface area is 402 Å². The minimum Gasteiger partial charge on any atom is -0.477 e. The minimum absolute atomic E-state index is 0.0551. The van der Waals surface area contributed by atoms with Crippen molar-refractivity contribution in [2.24, 2.45) is 0 Å². The number of likely N-dealkylation sites (N-methyl/N-ethyl adjacent to an activating group) is 1. The van der Waals surface area contributed by atoms with Crippen LogP contribution in [-0.2, 0) is 28.6 Å². The van der Waals surface area contributed by atoms with Crippen molar-refractivity contribution in [3.8, 4) is 0 Å². The van der Waals surface area contributed by atoms with Crippen LogP contribution in [-0.4, -0.2) is 80.6 Å². The third kappa shape index (κ3) is 46.4. The van der Waals surface area contributed by atoms with E-state index in [2.05, 4.69) is 50.3 Å². The molecule has 65 heavy (non-hydrogen) atoms. The van der Waals surface area contributed by atoms with E-state index in [4.69, 9.17) is 14.2 Å². The van der Waals surface area contributed by atoms with Crippen LogP contribution in [0.5, 0.6) is 0 Å². The Morgan fingerprint density at radius 3 is 1.20 bits per heavy atom.